The van der Waals surface area contributed by atoms with E-state index < -0.39 is 0 Å². The molecule has 2 unspecified atom stereocenters. The summed E-state index contributed by atoms with van der Waals surface area (Å²) in [5, 5.41) is 1.03. The molecule has 0 aromatic carbocycles. The van der Waals surface area contributed by atoms with E-state index in [0.717, 1.165) is 11.8 Å². The molecule has 0 radical (unpaired) electrons. The van der Waals surface area contributed by atoms with Crippen LogP contribution in [0.3, 0.4) is 0 Å². The summed E-state index contributed by atoms with van der Waals surface area (Å²) in [4.78, 5) is 0. The minimum Gasteiger partial charge on any atom is -0.0954 e. The van der Waals surface area contributed by atoms with E-state index in [1.165, 1.54) is 25.4 Å². The molecule has 0 nitrogen and oxygen atoms in total. The van der Waals surface area contributed by atoms with Gasteiger partial charge < -0.3 is 0 Å². The standard InChI is InChI=1S/C15H31P/c1-12-8-9-13(10-12)11-16(14(2,3)4)15(5,6)7/h12-13H,8-11H2,1-7H3. The molecule has 1 aliphatic carbocycles. The van der Waals surface area contributed by atoms with Crippen molar-refractivity contribution < 1.29 is 0 Å². The lowest BCUT2D eigenvalue weighted by atomic mass is 10.1. The first-order valence-corrected chi connectivity index (χ1v) is 8.41. The van der Waals surface area contributed by atoms with Gasteiger partial charge >= 0.3 is 0 Å². The van der Waals surface area contributed by atoms with Crippen molar-refractivity contribution >= 4 is 7.92 Å². The van der Waals surface area contributed by atoms with Crippen molar-refractivity contribution in [1.82, 2.24) is 0 Å². The maximum Gasteiger partial charge on any atom is -0.0175 e. The zero-order chi connectivity index (χ0) is 12.6. The average Bonchev–Trinajstić information content (AvgIpc) is 2.43. The smallest absolute Gasteiger partial charge is 0.0175 e. The van der Waals surface area contributed by atoms with E-state index in [0.29, 0.717) is 10.3 Å². The highest BCUT2D eigenvalue weighted by Crippen LogP contribution is 2.61. The molecule has 0 aromatic heterocycles. The molecule has 0 bridgehead atoms. The Morgan fingerprint density at radius 3 is 1.75 bits per heavy atom. The monoisotopic (exact) mass is 242 g/mol. The number of rotatable bonds is 2. The quantitative estimate of drug-likeness (QED) is 0.561. The van der Waals surface area contributed by atoms with Crippen LogP contribution in [-0.2, 0) is 0 Å². The summed E-state index contributed by atoms with van der Waals surface area (Å²) in [6.07, 6.45) is 5.96. The lowest BCUT2D eigenvalue weighted by Crippen LogP contribution is -2.28. The Balaban J connectivity index is 2.65. The SMILES string of the molecule is CC1CCC(CP(C(C)(C)C)C(C)(C)C)C1. The van der Waals surface area contributed by atoms with Crippen molar-refractivity contribution in [2.75, 3.05) is 6.16 Å². The summed E-state index contributed by atoms with van der Waals surface area (Å²) < 4.78 is 0. The Bertz CT molecular complexity index is 205. The Morgan fingerprint density at radius 2 is 1.44 bits per heavy atom. The van der Waals surface area contributed by atoms with Crippen LogP contribution in [0.2, 0.25) is 0 Å². The summed E-state index contributed by atoms with van der Waals surface area (Å²) >= 11 is 0. The fourth-order valence-electron chi connectivity index (χ4n) is 3.30. The van der Waals surface area contributed by atoms with Gasteiger partial charge in [0, 0.05) is 0 Å². The van der Waals surface area contributed by atoms with Gasteiger partial charge in [-0.2, -0.15) is 0 Å². The van der Waals surface area contributed by atoms with E-state index >= 15 is 0 Å². The van der Waals surface area contributed by atoms with Gasteiger partial charge in [0.25, 0.3) is 0 Å². The summed E-state index contributed by atoms with van der Waals surface area (Å²) in [6.45, 7) is 17.1. The normalized spacial score (nSPS) is 27.8. The van der Waals surface area contributed by atoms with E-state index in [9.17, 15) is 0 Å². The van der Waals surface area contributed by atoms with Crippen molar-refractivity contribution in [2.45, 2.75) is 78.0 Å². The zero-order valence-corrected chi connectivity index (χ0v) is 13.3. The minimum absolute atomic E-state index is 0.127. The molecule has 1 rings (SSSR count). The van der Waals surface area contributed by atoms with Gasteiger partial charge in [-0.05, 0) is 41.2 Å². The van der Waals surface area contributed by atoms with Crippen LogP contribution in [0.25, 0.3) is 0 Å². The molecular formula is C15H31P. The highest BCUT2D eigenvalue weighted by atomic mass is 31.1. The van der Waals surface area contributed by atoms with E-state index in [1.807, 2.05) is 0 Å². The summed E-state index contributed by atoms with van der Waals surface area (Å²) in [5.41, 5.74) is 0. The third-order valence-electron chi connectivity index (χ3n) is 3.86. The van der Waals surface area contributed by atoms with Crippen molar-refractivity contribution in [3.63, 3.8) is 0 Å². The molecule has 96 valence electrons. The van der Waals surface area contributed by atoms with Gasteiger partial charge in [0.05, 0.1) is 0 Å². The highest BCUT2D eigenvalue weighted by Gasteiger charge is 2.36. The van der Waals surface area contributed by atoms with Crippen LogP contribution in [0.5, 0.6) is 0 Å². The van der Waals surface area contributed by atoms with Gasteiger partial charge in [-0.3, -0.25) is 0 Å². The molecule has 0 spiro atoms. The van der Waals surface area contributed by atoms with Crippen LogP contribution < -0.4 is 0 Å². The minimum atomic E-state index is 0.127. The Hall–Kier alpha value is 0.430. The largest absolute Gasteiger partial charge is 0.0954 e. The second-order valence-corrected chi connectivity index (χ2v) is 11.6. The number of hydrogen-bond donors (Lipinski definition) is 0. The molecule has 0 N–H and O–H groups in total. The number of hydrogen-bond acceptors (Lipinski definition) is 0. The van der Waals surface area contributed by atoms with Gasteiger partial charge in [-0.15, -0.1) is 0 Å². The van der Waals surface area contributed by atoms with E-state index in [-0.39, 0.29) is 7.92 Å². The molecule has 0 aliphatic heterocycles. The van der Waals surface area contributed by atoms with Crippen LogP contribution in [0.1, 0.15) is 67.7 Å². The van der Waals surface area contributed by atoms with Gasteiger partial charge in [-0.25, -0.2) is 0 Å². The van der Waals surface area contributed by atoms with Crippen LogP contribution in [0.4, 0.5) is 0 Å². The average molecular weight is 242 g/mol. The zero-order valence-electron chi connectivity index (χ0n) is 12.4. The van der Waals surface area contributed by atoms with Gasteiger partial charge in [0.2, 0.25) is 0 Å². The summed E-state index contributed by atoms with van der Waals surface area (Å²) in [7, 11) is 0.127. The second-order valence-electron chi connectivity index (χ2n) is 7.74. The molecule has 0 aromatic rings. The first-order chi connectivity index (χ1) is 7.10. The molecule has 2 atom stereocenters. The predicted octanol–water partition coefficient (Wildman–Crippen LogP) is 5.50. The van der Waals surface area contributed by atoms with Crippen molar-refractivity contribution in [3.8, 4) is 0 Å². The van der Waals surface area contributed by atoms with Crippen molar-refractivity contribution in [3.05, 3.63) is 0 Å². The molecule has 0 heterocycles. The fourth-order valence-corrected chi connectivity index (χ4v) is 7.26. The Kier molecular flexibility index (Phi) is 4.50. The first kappa shape index (κ1) is 14.5. The lowest BCUT2D eigenvalue weighted by molar-refractivity contribution is 0.551. The van der Waals surface area contributed by atoms with E-state index in [1.54, 1.807) is 0 Å². The van der Waals surface area contributed by atoms with Crippen molar-refractivity contribution in [2.24, 2.45) is 11.8 Å². The van der Waals surface area contributed by atoms with Gasteiger partial charge in [0.15, 0.2) is 0 Å². The van der Waals surface area contributed by atoms with E-state index in [4.69, 9.17) is 0 Å². The first-order valence-electron chi connectivity index (χ1n) is 6.88. The second kappa shape index (κ2) is 4.97. The Labute approximate surface area is 104 Å². The Morgan fingerprint density at radius 1 is 0.938 bits per heavy atom. The predicted molar refractivity (Wildman–Crippen MR) is 77.8 cm³/mol. The van der Waals surface area contributed by atoms with Crippen LogP contribution in [-0.4, -0.2) is 16.5 Å². The molecule has 16 heavy (non-hydrogen) atoms. The molecule has 1 aliphatic rings. The summed E-state index contributed by atoms with van der Waals surface area (Å²) in [5.74, 6) is 2.02. The summed E-state index contributed by atoms with van der Waals surface area (Å²) in [6, 6.07) is 0. The molecular weight excluding hydrogens is 211 g/mol. The van der Waals surface area contributed by atoms with Crippen LogP contribution in [0.15, 0.2) is 0 Å². The van der Waals surface area contributed by atoms with Crippen molar-refractivity contribution in [1.29, 1.82) is 0 Å². The highest BCUT2D eigenvalue weighted by molar-refractivity contribution is 7.60. The lowest BCUT2D eigenvalue weighted by Gasteiger charge is -2.43. The third kappa shape index (κ3) is 4.02. The molecule has 1 saturated carbocycles. The topological polar surface area (TPSA) is 0 Å². The molecule has 1 heteroatoms. The molecule has 0 amide bonds. The maximum atomic E-state index is 2.45. The maximum absolute atomic E-state index is 2.45. The third-order valence-corrected chi connectivity index (χ3v) is 7.98. The molecule has 0 saturated heterocycles. The molecule has 1 fully saturated rings. The van der Waals surface area contributed by atoms with Crippen LogP contribution in [0, 0.1) is 11.8 Å². The fraction of sp³-hybridized carbons (Fsp3) is 1.00. The van der Waals surface area contributed by atoms with Crippen LogP contribution >= 0.6 is 7.92 Å². The van der Waals surface area contributed by atoms with E-state index in [2.05, 4.69) is 48.5 Å². The van der Waals surface area contributed by atoms with Gasteiger partial charge in [0.1, 0.15) is 0 Å². The van der Waals surface area contributed by atoms with Gasteiger partial charge in [-0.1, -0.05) is 62.8 Å².